The van der Waals surface area contributed by atoms with Crippen LogP contribution in [0, 0.1) is 5.92 Å². The maximum absolute atomic E-state index is 5.87. The van der Waals surface area contributed by atoms with Crippen LogP contribution in [-0.2, 0) is 4.74 Å². The van der Waals surface area contributed by atoms with E-state index < -0.39 is 0 Å². The Bertz CT molecular complexity index is 573. The minimum atomic E-state index is 0.00365. The topological polar surface area (TPSA) is 27.1 Å². The Morgan fingerprint density at radius 3 is 3.21 bits per heavy atom. The van der Waals surface area contributed by atoms with Crippen molar-refractivity contribution in [2.24, 2.45) is 5.92 Å². The first-order valence-corrected chi connectivity index (χ1v) is 7.77. The molecular formula is C15H18N2OS. The Hall–Kier alpha value is -1.13. The summed E-state index contributed by atoms with van der Waals surface area (Å²) in [4.78, 5) is 5.85. The monoisotopic (exact) mass is 274 g/mol. The van der Waals surface area contributed by atoms with Gasteiger partial charge in [-0.15, -0.1) is 11.3 Å². The Morgan fingerprint density at radius 2 is 2.37 bits per heavy atom. The quantitative estimate of drug-likeness (QED) is 0.792. The molecule has 4 rings (SSSR count). The van der Waals surface area contributed by atoms with E-state index in [-0.39, 0.29) is 5.60 Å². The van der Waals surface area contributed by atoms with Crippen molar-refractivity contribution < 1.29 is 4.74 Å². The second kappa shape index (κ2) is 3.93. The molecule has 2 aliphatic rings. The summed E-state index contributed by atoms with van der Waals surface area (Å²) >= 11 is 1.89. The summed E-state index contributed by atoms with van der Waals surface area (Å²) in [6.07, 6.45) is 6.25. The Balaban J connectivity index is 1.76. The van der Waals surface area contributed by atoms with Gasteiger partial charge in [0.05, 0.1) is 29.9 Å². The van der Waals surface area contributed by atoms with Crippen LogP contribution in [0.4, 0.5) is 0 Å². The van der Waals surface area contributed by atoms with Gasteiger partial charge < -0.3 is 9.30 Å². The molecule has 0 saturated carbocycles. The van der Waals surface area contributed by atoms with Gasteiger partial charge in [0.1, 0.15) is 0 Å². The SMILES string of the molecule is CC1(C)CC([C@@H]2c3sccc3-c3cncn32)CCO1. The largest absolute Gasteiger partial charge is 0.376 e. The molecule has 2 aromatic heterocycles. The zero-order valence-electron chi connectivity index (χ0n) is 11.3. The smallest absolute Gasteiger partial charge is 0.0957 e. The van der Waals surface area contributed by atoms with Gasteiger partial charge in [-0.2, -0.15) is 0 Å². The summed E-state index contributed by atoms with van der Waals surface area (Å²) in [7, 11) is 0. The van der Waals surface area contributed by atoms with Crippen molar-refractivity contribution in [3.63, 3.8) is 0 Å². The molecule has 2 aliphatic heterocycles. The van der Waals surface area contributed by atoms with Crippen LogP contribution in [0.1, 0.15) is 37.6 Å². The molecule has 0 bridgehead atoms. The maximum atomic E-state index is 5.87. The van der Waals surface area contributed by atoms with Gasteiger partial charge >= 0.3 is 0 Å². The zero-order valence-corrected chi connectivity index (χ0v) is 12.1. The predicted molar refractivity (Wildman–Crippen MR) is 76.4 cm³/mol. The van der Waals surface area contributed by atoms with Gasteiger partial charge in [0.2, 0.25) is 0 Å². The normalized spacial score (nSPS) is 28.1. The first kappa shape index (κ1) is 11.7. The summed E-state index contributed by atoms with van der Waals surface area (Å²) < 4.78 is 8.24. The van der Waals surface area contributed by atoms with E-state index in [4.69, 9.17) is 4.74 Å². The van der Waals surface area contributed by atoms with Gasteiger partial charge in [0.15, 0.2) is 0 Å². The molecule has 0 N–H and O–H groups in total. The van der Waals surface area contributed by atoms with Crippen molar-refractivity contribution in [1.82, 2.24) is 9.55 Å². The minimum absolute atomic E-state index is 0.00365. The second-order valence-electron chi connectivity index (χ2n) is 6.19. The van der Waals surface area contributed by atoms with Crippen LogP contribution in [0.15, 0.2) is 24.0 Å². The Morgan fingerprint density at radius 1 is 1.47 bits per heavy atom. The van der Waals surface area contributed by atoms with Crippen LogP contribution in [0.2, 0.25) is 0 Å². The standard InChI is InChI=1S/C15H18N2OS/c1-15(2)7-10(3-5-18-15)13-14-11(4-6-19-14)12-8-16-9-17(12)13/h4,6,8-10,13H,3,5,7H2,1-2H3/t10?,13-/m1/s1. The number of fused-ring (bicyclic) bond motifs is 3. The number of aromatic nitrogens is 2. The van der Waals surface area contributed by atoms with Crippen molar-refractivity contribution >= 4 is 11.3 Å². The zero-order chi connectivity index (χ0) is 13.0. The lowest BCUT2D eigenvalue weighted by Crippen LogP contribution is -2.37. The van der Waals surface area contributed by atoms with Crippen LogP contribution < -0.4 is 0 Å². The molecule has 1 unspecified atom stereocenters. The van der Waals surface area contributed by atoms with Crippen LogP contribution in [-0.4, -0.2) is 21.8 Å². The van der Waals surface area contributed by atoms with Gasteiger partial charge in [0.25, 0.3) is 0 Å². The molecule has 19 heavy (non-hydrogen) atoms. The predicted octanol–water partition coefficient (Wildman–Crippen LogP) is 3.72. The number of thiophene rings is 1. The molecule has 0 aliphatic carbocycles. The average Bonchev–Trinajstić information content (AvgIpc) is 2.98. The van der Waals surface area contributed by atoms with Gasteiger partial charge in [-0.25, -0.2) is 4.98 Å². The number of hydrogen-bond donors (Lipinski definition) is 0. The number of imidazole rings is 1. The van der Waals surface area contributed by atoms with E-state index in [9.17, 15) is 0 Å². The highest BCUT2D eigenvalue weighted by atomic mass is 32.1. The van der Waals surface area contributed by atoms with Crippen molar-refractivity contribution in [3.8, 4) is 11.3 Å². The molecule has 2 aromatic rings. The summed E-state index contributed by atoms with van der Waals surface area (Å²) in [5.74, 6) is 0.650. The second-order valence-corrected chi connectivity index (χ2v) is 7.14. The highest BCUT2D eigenvalue weighted by Gasteiger charge is 2.40. The first-order chi connectivity index (χ1) is 9.16. The molecule has 2 atom stereocenters. The molecule has 0 aromatic carbocycles. The highest BCUT2D eigenvalue weighted by Crippen LogP contribution is 2.49. The fourth-order valence-corrected chi connectivity index (χ4v) is 4.71. The van der Waals surface area contributed by atoms with Gasteiger partial charge in [-0.1, -0.05) is 0 Å². The number of ether oxygens (including phenoxy) is 1. The van der Waals surface area contributed by atoms with Crippen molar-refractivity contribution in [1.29, 1.82) is 0 Å². The molecular weight excluding hydrogens is 256 g/mol. The molecule has 0 radical (unpaired) electrons. The third-order valence-corrected chi connectivity index (χ3v) is 5.37. The molecule has 0 spiro atoms. The van der Waals surface area contributed by atoms with Gasteiger partial charge in [-0.3, -0.25) is 0 Å². The van der Waals surface area contributed by atoms with Crippen LogP contribution >= 0.6 is 11.3 Å². The van der Waals surface area contributed by atoms with Crippen molar-refractivity contribution in [2.45, 2.75) is 38.3 Å². The fourth-order valence-electron chi connectivity index (χ4n) is 3.61. The van der Waals surface area contributed by atoms with Crippen LogP contribution in [0.25, 0.3) is 11.3 Å². The summed E-state index contributed by atoms with van der Waals surface area (Å²) in [6.45, 7) is 5.29. The lowest BCUT2D eigenvalue weighted by atomic mass is 9.83. The van der Waals surface area contributed by atoms with Crippen LogP contribution in [0.3, 0.4) is 0 Å². The number of rotatable bonds is 1. The number of hydrogen-bond acceptors (Lipinski definition) is 3. The van der Waals surface area contributed by atoms with E-state index >= 15 is 0 Å². The highest BCUT2D eigenvalue weighted by molar-refractivity contribution is 7.10. The third kappa shape index (κ3) is 1.70. The molecule has 1 fully saturated rings. The molecule has 4 heterocycles. The molecule has 100 valence electrons. The van der Waals surface area contributed by atoms with E-state index in [1.165, 1.54) is 16.1 Å². The van der Waals surface area contributed by atoms with E-state index in [0.717, 1.165) is 19.4 Å². The summed E-state index contributed by atoms with van der Waals surface area (Å²) in [5, 5.41) is 2.21. The molecule has 3 nitrogen and oxygen atoms in total. The average molecular weight is 274 g/mol. The van der Waals surface area contributed by atoms with E-state index in [1.807, 2.05) is 23.9 Å². The van der Waals surface area contributed by atoms with E-state index in [2.05, 4.69) is 34.8 Å². The molecule has 4 heteroatoms. The summed E-state index contributed by atoms with van der Waals surface area (Å²) in [6, 6.07) is 2.70. The lowest BCUT2D eigenvalue weighted by molar-refractivity contribution is -0.0778. The van der Waals surface area contributed by atoms with Crippen molar-refractivity contribution in [2.75, 3.05) is 6.61 Å². The first-order valence-electron chi connectivity index (χ1n) is 6.89. The van der Waals surface area contributed by atoms with Crippen molar-refractivity contribution in [3.05, 3.63) is 28.8 Å². The molecule has 0 amide bonds. The van der Waals surface area contributed by atoms with E-state index in [1.54, 1.807) is 0 Å². The van der Waals surface area contributed by atoms with Gasteiger partial charge in [-0.05, 0) is 44.1 Å². The van der Waals surface area contributed by atoms with Gasteiger partial charge in [0, 0.05) is 17.0 Å². The summed E-state index contributed by atoms with van der Waals surface area (Å²) in [5.41, 5.74) is 2.67. The minimum Gasteiger partial charge on any atom is -0.376 e. The lowest BCUT2D eigenvalue weighted by Gasteiger charge is -2.38. The maximum Gasteiger partial charge on any atom is 0.0957 e. The molecule has 1 saturated heterocycles. The fraction of sp³-hybridized carbons (Fsp3) is 0.533. The van der Waals surface area contributed by atoms with E-state index in [0.29, 0.717) is 12.0 Å². The van der Waals surface area contributed by atoms with Crippen LogP contribution in [0.5, 0.6) is 0 Å². The number of nitrogens with zero attached hydrogens (tertiary/aromatic N) is 2. The Labute approximate surface area is 117 Å². The Kier molecular flexibility index (Phi) is 2.42. The third-order valence-electron chi connectivity index (χ3n) is 4.39.